The van der Waals surface area contributed by atoms with Gasteiger partial charge >= 0.3 is 0 Å². The van der Waals surface area contributed by atoms with E-state index in [0.717, 1.165) is 11.8 Å². The molecule has 0 saturated heterocycles. The predicted molar refractivity (Wildman–Crippen MR) is 55.0 cm³/mol. The van der Waals surface area contributed by atoms with E-state index in [2.05, 4.69) is 20.8 Å². The highest BCUT2D eigenvalue weighted by atomic mass is 16.6. The third-order valence-electron chi connectivity index (χ3n) is 3.64. The predicted octanol–water partition coefficient (Wildman–Crippen LogP) is 2.73. The van der Waals surface area contributed by atoms with E-state index in [1.165, 1.54) is 25.7 Å². The molecular formula is C11H23NO. The highest BCUT2D eigenvalue weighted by molar-refractivity contribution is 4.77. The van der Waals surface area contributed by atoms with Gasteiger partial charge in [-0.25, -0.2) is 5.90 Å². The topological polar surface area (TPSA) is 35.2 Å². The molecule has 2 heteroatoms. The Morgan fingerprint density at radius 1 is 1.00 bits per heavy atom. The lowest BCUT2D eigenvalue weighted by Crippen LogP contribution is -2.29. The Balaban J connectivity index is 2.30. The van der Waals surface area contributed by atoms with Crippen LogP contribution in [-0.4, -0.2) is 6.10 Å². The standard InChI is InChI=1S/C11H23NO/c1-8(2)10-4-6-11(7-5-10)9(3)13-12/h8-11H,4-7,12H2,1-3H3. The Kier molecular flexibility index (Phi) is 4.20. The van der Waals surface area contributed by atoms with E-state index < -0.39 is 0 Å². The van der Waals surface area contributed by atoms with Crippen LogP contribution in [0.15, 0.2) is 0 Å². The molecule has 0 bridgehead atoms. The Morgan fingerprint density at radius 3 is 1.85 bits per heavy atom. The zero-order valence-corrected chi connectivity index (χ0v) is 9.12. The van der Waals surface area contributed by atoms with Gasteiger partial charge in [0, 0.05) is 0 Å². The summed E-state index contributed by atoms with van der Waals surface area (Å²) in [5.41, 5.74) is 0. The average Bonchev–Trinajstić information content (AvgIpc) is 2.17. The second kappa shape index (κ2) is 4.97. The first-order valence-electron chi connectivity index (χ1n) is 5.50. The van der Waals surface area contributed by atoms with Gasteiger partial charge in [-0.3, -0.25) is 0 Å². The normalized spacial score (nSPS) is 32.1. The van der Waals surface area contributed by atoms with E-state index in [0.29, 0.717) is 5.92 Å². The van der Waals surface area contributed by atoms with Gasteiger partial charge in [-0.05, 0) is 50.4 Å². The van der Waals surface area contributed by atoms with Crippen LogP contribution in [0.2, 0.25) is 0 Å². The Hall–Kier alpha value is -0.0800. The average molecular weight is 185 g/mol. The molecule has 1 atom stereocenters. The van der Waals surface area contributed by atoms with Crippen LogP contribution in [0.25, 0.3) is 0 Å². The van der Waals surface area contributed by atoms with Gasteiger partial charge in [0.05, 0.1) is 6.10 Å². The van der Waals surface area contributed by atoms with Gasteiger partial charge < -0.3 is 4.84 Å². The van der Waals surface area contributed by atoms with Gasteiger partial charge in [0.25, 0.3) is 0 Å². The molecule has 0 amide bonds. The third-order valence-corrected chi connectivity index (χ3v) is 3.64. The summed E-state index contributed by atoms with van der Waals surface area (Å²) >= 11 is 0. The van der Waals surface area contributed by atoms with Crippen LogP contribution in [0.4, 0.5) is 0 Å². The zero-order chi connectivity index (χ0) is 9.84. The summed E-state index contributed by atoms with van der Waals surface area (Å²) in [6.45, 7) is 6.74. The van der Waals surface area contributed by atoms with Gasteiger partial charge in [-0.1, -0.05) is 13.8 Å². The summed E-state index contributed by atoms with van der Waals surface area (Å²) in [6.07, 6.45) is 5.54. The molecule has 13 heavy (non-hydrogen) atoms. The van der Waals surface area contributed by atoms with E-state index in [1.807, 2.05) is 0 Å². The fourth-order valence-electron chi connectivity index (χ4n) is 2.39. The minimum atomic E-state index is 0.244. The van der Waals surface area contributed by atoms with Gasteiger partial charge in [0.1, 0.15) is 0 Å². The lowest BCUT2D eigenvalue weighted by Gasteiger charge is -2.33. The van der Waals surface area contributed by atoms with Crippen LogP contribution >= 0.6 is 0 Å². The van der Waals surface area contributed by atoms with Crippen LogP contribution in [0, 0.1) is 17.8 Å². The van der Waals surface area contributed by atoms with Gasteiger partial charge in [0.2, 0.25) is 0 Å². The second-order valence-electron chi connectivity index (χ2n) is 4.76. The summed E-state index contributed by atoms with van der Waals surface area (Å²) in [4.78, 5) is 4.89. The maximum Gasteiger partial charge on any atom is 0.0787 e. The highest BCUT2D eigenvalue weighted by Gasteiger charge is 2.26. The van der Waals surface area contributed by atoms with Crippen LogP contribution in [-0.2, 0) is 4.84 Å². The molecule has 0 aromatic carbocycles. The van der Waals surface area contributed by atoms with Gasteiger partial charge in [-0.15, -0.1) is 0 Å². The van der Waals surface area contributed by atoms with E-state index >= 15 is 0 Å². The van der Waals surface area contributed by atoms with Crippen molar-refractivity contribution in [2.45, 2.75) is 52.6 Å². The fraction of sp³-hybridized carbons (Fsp3) is 1.00. The Labute approximate surface area is 81.8 Å². The summed E-state index contributed by atoms with van der Waals surface area (Å²) < 4.78 is 0. The Morgan fingerprint density at radius 2 is 1.46 bits per heavy atom. The summed E-state index contributed by atoms with van der Waals surface area (Å²) in [5, 5.41) is 0. The molecule has 0 aromatic rings. The first kappa shape index (κ1) is 11.0. The molecule has 1 rings (SSSR count). The first-order chi connectivity index (χ1) is 6.15. The summed E-state index contributed by atoms with van der Waals surface area (Å²) in [5.74, 6) is 7.67. The molecule has 0 aliphatic heterocycles. The van der Waals surface area contributed by atoms with Crippen molar-refractivity contribution in [1.82, 2.24) is 0 Å². The molecule has 78 valence electrons. The molecule has 0 spiro atoms. The van der Waals surface area contributed by atoms with E-state index in [1.54, 1.807) is 0 Å². The Bertz CT molecular complexity index is 139. The van der Waals surface area contributed by atoms with Crippen molar-refractivity contribution in [2.24, 2.45) is 23.7 Å². The van der Waals surface area contributed by atoms with E-state index in [-0.39, 0.29) is 6.10 Å². The smallest absolute Gasteiger partial charge is 0.0787 e. The SMILES string of the molecule is CC(C)C1CCC(C(C)ON)CC1. The maximum atomic E-state index is 5.20. The van der Waals surface area contributed by atoms with Crippen molar-refractivity contribution in [3.8, 4) is 0 Å². The number of hydrogen-bond acceptors (Lipinski definition) is 2. The minimum absolute atomic E-state index is 0.244. The quantitative estimate of drug-likeness (QED) is 0.686. The van der Waals surface area contributed by atoms with E-state index in [4.69, 9.17) is 10.7 Å². The van der Waals surface area contributed by atoms with Gasteiger partial charge in [0.15, 0.2) is 0 Å². The lowest BCUT2D eigenvalue weighted by atomic mass is 9.75. The van der Waals surface area contributed by atoms with Crippen molar-refractivity contribution in [3.05, 3.63) is 0 Å². The third kappa shape index (κ3) is 2.96. The molecule has 0 heterocycles. The van der Waals surface area contributed by atoms with Crippen molar-refractivity contribution in [1.29, 1.82) is 0 Å². The van der Waals surface area contributed by atoms with Crippen molar-refractivity contribution < 1.29 is 4.84 Å². The number of hydrogen-bond donors (Lipinski definition) is 1. The van der Waals surface area contributed by atoms with Gasteiger partial charge in [-0.2, -0.15) is 0 Å². The minimum Gasteiger partial charge on any atom is -0.301 e. The van der Waals surface area contributed by atoms with Crippen LogP contribution in [0.3, 0.4) is 0 Å². The molecule has 1 unspecified atom stereocenters. The molecular weight excluding hydrogens is 162 g/mol. The fourth-order valence-corrected chi connectivity index (χ4v) is 2.39. The second-order valence-corrected chi connectivity index (χ2v) is 4.76. The van der Waals surface area contributed by atoms with Crippen LogP contribution in [0.1, 0.15) is 46.5 Å². The first-order valence-corrected chi connectivity index (χ1v) is 5.50. The van der Waals surface area contributed by atoms with E-state index in [9.17, 15) is 0 Å². The van der Waals surface area contributed by atoms with Crippen molar-refractivity contribution >= 4 is 0 Å². The molecule has 1 saturated carbocycles. The molecule has 2 nitrogen and oxygen atoms in total. The van der Waals surface area contributed by atoms with Crippen molar-refractivity contribution in [3.63, 3.8) is 0 Å². The molecule has 2 N–H and O–H groups in total. The molecule has 1 aliphatic carbocycles. The maximum absolute atomic E-state index is 5.20. The highest BCUT2D eigenvalue weighted by Crippen LogP contribution is 2.34. The number of nitrogens with two attached hydrogens (primary N) is 1. The van der Waals surface area contributed by atoms with Crippen LogP contribution < -0.4 is 5.90 Å². The molecule has 0 radical (unpaired) electrons. The summed E-state index contributed by atoms with van der Waals surface area (Å²) in [6, 6.07) is 0. The monoisotopic (exact) mass is 185 g/mol. The largest absolute Gasteiger partial charge is 0.301 e. The lowest BCUT2D eigenvalue weighted by molar-refractivity contribution is 0.00397. The number of rotatable bonds is 3. The molecule has 1 aliphatic rings. The summed E-state index contributed by atoms with van der Waals surface area (Å²) in [7, 11) is 0. The van der Waals surface area contributed by atoms with Crippen LogP contribution in [0.5, 0.6) is 0 Å². The molecule has 0 aromatic heterocycles. The zero-order valence-electron chi connectivity index (χ0n) is 9.12. The molecule has 1 fully saturated rings. The van der Waals surface area contributed by atoms with Crippen molar-refractivity contribution in [2.75, 3.05) is 0 Å².